The van der Waals surface area contributed by atoms with Gasteiger partial charge in [0.2, 0.25) is 0 Å². The first-order valence-corrected chi connectivity index (χ1v) is 6.88. The van der Waals surface area contributed by atoms with Crippen LogP contribution in [0.1, 0.15) is 55.9 Å². The number of ether oxygens (including phenoxy) is 1. The summed E-state index contributed by atoms with van der Waals surface area (Å²) in [5, 5.41) is 3.55. The third kappa shape index (κ3) is 3.85. The zero-order valence-corrected chi connectivity index (χ0v) is 12.6. The molecular formula is C15H27NO2. The van der Waals surface area contributed by atoms with Crippen molar-refractivity contribution in [1.29, 1.82) is 0 Å². The van der Waals surface area contributed by atoms with Crippen LogP contribution in [0.25, 0.3) is 0 Å². The Bertz CT molecular complexity index is 369. The second-order valence-corrected chi connectivity index (χ2v) is 5.14. The van der Waals surface area contributed by atoms with Gasteiger partial charge in [-0.25, -0.2) is 0 Å². The highest BCUT2D eigenvalue weighted by atomic mass is 16.5. The molecule has 0 saturated carbocycles. The summed E-state index contributed by atoms with van der Waals surface area (Å²) >= 11 is 0. The van der Waals surface area contributed by atoms with Gasteiger partial charge in [-0.15, -0.1) is 0 Å². The van der Waals surface area contributed by atoms with Crippen LogP contribution in [0.3, 0.4) is 0 Å². The Labute approximate surface area is 111 Å². The SMILES string of the molecule is CCCNC(COC(C)C)c1c(C)oc(C)c1C. The molecule has 1 unspecified atom stereocenters. The van der Waals surface area contributed by atoms with E-state index in [-0.39, 0.29) is 12.1 Å². The second-order valence-electron chi connectivity index (χ2n) is 5.14. The summed E-state index contributed by atoms with van der Waals surface area (Å²) < 4.78 is 11.5. The fourth-order valence-corrected chi connectivity index (χ4v) is 2.17. The van der Waals surface area contributed by atoms with E-state index in [1.807, 2.05) is 13.8 Å². The van der Waals surface area contributed by atoms with Crippen molar-refractivity contribution >= 4 is 0 Å². The minimum Gasteiger partial charge on any atom is -0.466 e. The maximum Gasteiger partial charge on any atom is 0.106 e. The summed E-state index contributed by atoms with van der Waals surface area (Å²) in [7, 11) is 0. The second kappa shape index (κ2) is 6.95. The van der Waals surface area contributed by atoms with Gasteiger partial charge in [0, 0.05) is 5.56 Å². The molecule has 0 saturated heterocycles. The smallest absolute Gasteiger partial charge is 0.106 e. The average molecular weight is 253 g/mol. The van der Waals surface area contributed by atoms with Gasteiger partial charge in [-0.3, -0.25) is 0 Å². The molecule has 0 aliphatic carbocycles. The maximum atomic E-state index is 5.77. The van der Waals surface area contributed by atoms with Gasteiger partial charge in [0.05, 0.1) is 18.8 Å². The lowest BCUT2D eigenvalue weighted by Crippen LogP contribution is -2.28. The molecule has 0 fully saturated rings. The van der Waals surface area contributed by atoms with Crippen LogP contribution in [-0.2, 0) is 4.74 Å². The summed E-state index contributed by atoms with van der Waals surface area (Å²) in [5.41, 5.74) is 2.51. The number of aryl methyl sites for hydroxylation is 2. The lowest BCUT2D eigenvalue weighted by atomic mass is 10.0. The van der Waals surface area contributed by atoms with Crippen molar-refractivity contribution in [2.75, 3.05) is 13.2 Å². The molecule has 0 amide bonds. The normalized spacial score (nSPS) is 13.3. The molecule has 1 rings (SSSR count). The zero-order valence-electron chi connectivity index (χ0n) is 12.6. The van der Waals surface area contributed by atoms with Crippen LogP contribution in [-0.4, -0.2) is 19.3 Å². The summed E-state index contributed by atoms with van der Waals surface area (Å²) in [6, 6.07) is 0.227. The van der Waals surface area contributed by atoms with Gasteiger partial charge in [-0.2, -0.15) is 0 Å². The van der Waals surface area contributed by atoms with Gasteiger partial charge in [0.15, 0.2) is 0 Å². The standard InChI is InChI=1S/C15H27NO2/c1-7-8-16-14(9-17-10(2)3)15-11(4)12(5)18-13(15)6/h10,14,16H,7-9H2,1-6H3. The number of nitrogens with one attached hydrogen (secondary N) is 1. The molecule has 3 nitrogen and oxygen atoms in total. The number of hydrogen-bond acceptors (Lipinski definition) is 3. The molecule has 1 aromatic heterocycles. The fraction of sp³-hybridized carbons (Fsp3) is 0.733. The third-order valence-electron chi connectivity index (χ3n) is 3.20. The van der Waals surface area contributed by atoms with E-state index in [4.69, 9.17) is 9.15 Å². The Balaban J connectivity index is 2.86. The van der Waals surface area contributed by atoms with Crippen molar-refractivity contribution in [3.05, 3.63) is 22.6 Å². The summed E-state index contributed by atoms with van der Waals surface area (Å²) in [6.07, 6.45) is 1.37. The fourth-order valence-electron chi connectivity index (χ4n) is 2.17. The molecule has 18 heavy (non-hydrogen) atoms. The zero-order chi connectivity index (χ0) is 13.7. The number of hydrogen-bond donors (Lipinski definition) is 1. The first-order chi connectivity index (χ1) is 8.47. The summed E-state index contributed by atoms with van der Waals surface area (Å²) in [6.45, 7) is 14.2. The lowest BCUT2D eigenvalue weighted by Gasteiger charge is -2.20. The molecular weight excluding hydrogens is 226 g/mol. The number of furan rings is 1. The minimum absolute atomic E-state index is 0.227. The third-order valence-corrected chi connectivity index (χ3v) is 3.20. The van der Waals surface area contributed by atoms with E-state index in [9.17, 15) is 0 Å². The van der Waals surface area contributed by atoms with E-state index in [0.717, 1.165) is 24.5 Å². The maximum absolute atomic E-state index is 5.77. The largest absolute Gasteiger partial charge is 0.466 e. The first-order valence-electron chi connectivity index (χ1n) is 6.88. The van der Waals surface area contributed by atoms with E-state index in [1.54, 1.807) is 0 Å². The summed E-state index contributed by atoms with van der Waals surface area (Å²) in [5.74, 6) is 2.02. The van der Waals surface area contributed by atoms with Gasteiger partial charge in [-0.1, -0.05) is 6.92 Å². The van der Waals surface area contributed by atoms with Crippen LogP contribution in [0.2, 0.25) is 0 Å². The molecule has 0 radical (unpaired) electrons. The Morgan fingerprint density at radius 1 is 1.17 bits per heavy atom. The van der Waals surface area contributed by atoms with Crippen molar-refractivity contribution < 1.29 is 9.15 Å². The van der Waals surface area contributed by atoms with Gasteiger partial charge in [-0.05, 0) is 53.1 Å². The Morgan fingerprint density at radius 2 is 1.83 bits per heavy atom. The highest BCUT2D eigenvalue weighted by Crippen LogP contribution is 2.27. The molecule has 1 atom stereocenters. The van der Waals surface area contributed by atoms with E-state index in [1.165, 1.54) is 11.1 Å². The van der Waals surface area contributed by atoms with Crippen LogP contribution in [0, 0.1) is 20.8 Å². The lowest BCUT2D eigenvalue weighted by molar-refractivity contribution is 0.0607. The molecule has 1 heterocycles. The van der Waals surface area contributed by atoms with Gasteiger partial charge >= 0.3 is 0 Å². The molecule has 0 bridgehead atoms. The Morgan fingerprint density at radius 3 is 2.28 bits per heavy atom. The van der Waals surface area contributed by atoms with E-state index in [0.29, 0.717) is 6.61 Å². The molecule has 1 N–H and O–H groups in total. The van der Waals surface area contributed by atoms with Crippen LogP contribution in [0.4, 0.5) is 0 Å². The van der Waals surface area contributed by atoms with Gasteiger partial charge < -0.3 is 14.5 Å². The molecule has 0 aromatic carbocycles. The molecule has 0 spiro atoms. The Kier molecular flexibility index (Phi) is 5.89. The quantitative estimate of drug-likeness (QED) is 0.805. The predicted molar refractivity (Wildman–Crippen MR) is 75.0 cm³/mol. The number of rotatable bonds is 7. The molecule has 1 aromatic rings. The molecule has 0 aliphatic rings. The van der Waals surface area contributed by atoms with Gasteiger partial charge in [0.25, 0.3) is 0 Å². The van der Waals surface area contributed by atoms with Crippen molar-refractivity contribution in [3.63, 3.8) is 0 Å². The van der Waals surface area contributed by atoms with Crippen LogP contribution in [0.5, 0.6) is 0 Å². The van der Waals surface area contributed by atoms with E-state index >= 15 is 0 Å². The summed E-state index contributed by atoms with van der Waals surface area (Å²) in [4.78, 5) is 0. The van der Waals surface area contributed by atoms with E-state index in [2.05, 4.69) is 33.0 Å². The highest BCUT2D eigenvalue weighted by Gasteiger charge is 2.21. The van der Waals surface area contributed by atoms with Crippen molar-refractivity contribution in [1.82, 2.24) is 5.32 Å². The van der Waals surface area contributed by atoms with Crippen molar-refractivity contribution in [3.8, 4) is 0 Å². The van der Waals surface area contributed by atoms with Crippen LogP contribution >= 0.6 is 0 Å². The Hall–Kier alpha value is -0.800. The van der Waals surface area contributed by atoms with Crippen LogP contribution in [0.15, 0.2) is 4.42 Å². The molecule has 3 heteroatoms. The van der Waals surface area contributed by atoms with E-state index < -0.39 is 0 Å². The van der Waals surface area contributed by atoms with Crippen molar-refractivity contribution in [2.24, 2.45) is 0 Å². The average Bonchev–Trinajstić information content (AvgIpc) is 2.54. The van der Waals surface area contributed by atoms with Crippen molar-refractivity contribution in [2.45, 2.75) is 60.1 Å². The monoisotopic (exact) mass is 253 g/mol. The highest BCUT2D eigenvalue weighted by molar-refractivity contribution is 5.34. The predicted octanol–water partition coefficient (Wildman–Crippen LogP) is 3.67. The molecule has 104 valence electrons. The topological polar surface area (TPSA) is 34.4 Å². The first kappa shape index (κ1) is 15.3. The van der Waals surface area contributed by atoms with Gasteiger partial charge in [0.1, 0.15) is 11.5 Å². The molecule has 0 aliphatic heterocycles. The van der Waals surface area contributed by atoms with Crippen LogP contribution < -0.4 is 5.32 Å². The minimum atomic E-state index is 0.227.